The molecule has 3 heteroatoms. The van der Waals surface area contributed by atoms with E-state index in [2.05, 4.69) is 0 Å². The molecular formula is C11H15FOS. The van der Waals surface area contributed by atoms with Gasteiger partial charge in [0.15, 0.2) is 0 Å². The van der Waals surface area contributed by atoms with Crippen molar-refractivity contribution in [3.8, 4) is 0 Å². The lowest BCUT2D eigenvalue weighted by atomic mass is 10.3. The summed E-state index contributed by atoms with van der Waals surface area (Å²) in [5.74, 6) is 0.814. The molecule has 0 fully saturated rings. The van der Waals surface area contributed by atoms with E-state index in [1.807, 2.05) is 6.07 Å². The Morgan fingerprint density at radius 1 is 1.21 bits per heavy atom. The third-order valence-corrected chi connectivity index (χ3v) is 2.95. The second-order valence-electron chi connectivity index (χ2n) is 3.09. The topological polar surface area (TPSA) is 20.2 Å². The number of aliphatic hydroxyl groups excluding tert-OH is 1. The number of rotatable bonds is 6. The van der Waals surface area contributed by atoms with Gasteiger partial charge in [0.2, 0.25) is 0 Å². The zero-order valence-electron chi connectivity index (χ0n) is 8.08. The van der Waals surface area contributed by atoms with Gasteiger partial charge in [0, 0.05) is 11.5 Å². The fourth-order valence-electron chi connectivity index (χ4n) is 1.14. The molecule has 1 rings (SSSR count). The number of aliphatic hydroxyl groups is 1. The summed E-state index contributed by atoms with van der Waals surface area (Å²) in [5, 5.41) is 8.56. The van der Waals surface area contributed by atoms with E-state index in [-0.39, 0.29) is 12.4 Å². The summed E-state index contributed by atoms with van der Waals surface area (Å²) in [4.78, 5) is 0.981. The fraction of sp³-hybridized carbons (Fsp3) is 0.455. The lowest BCUT2D eigenvalue weighted by molar-refractivity contribution is 0.284. The number of benzene rings is 1. The van der Waals surface area contributed by atoms with Gasteiger partial charge in [0.05, 0.1) is 0 Å². The Bertz CT molecular complexity index is 265. The van der Waals surface area contributed by atoms with Crippen molar-refractivity contribution in [3.05, 3.63) is 30.1 Å². The van der Waals surface area contributed by atoms with Crippen molar-refractivity contribution in [1.29, 1.82) is 0 Å². The van der Waals surface area contributed by atoms with Crippen molar-refractivity contribution in [2.24, 2.45) is 0 Å². The molecule has 0 radical (unpaired) electrons. The van der Waals surface area contributed by atoms with Crippen LogP contribution in [0.15, 0.2) is 29.2 Å². The predicted octanol–water partition coefficient (Wildman–Crippen LogP) is 3.08. The minimum Gasteiger partial charge on any atom is -0.396 e. The Morgan fingerprint density at radius 3 is 2.79 bits per heavy atom. The zero-order valence-corrected chi connectivity index (χ0v) is 8.89. The van der Waals surface area contributed by atoms with Crippen LogP contribution in [0.2, 0.25) is 0 Å². The molecule has 1 N–H and O–H groups in total. The Labute approximate surface area is 88.3 Å². The van der Waals surface area contributed by atoms with Crippen molar-refractivity contribution in [1.82, 2.24) is 0 Å². The van der Waals surface area contributed by atoms with E-state index in [1.54, 1.807) is 23.9 Å². The molecule has 1 nitrogen and oxygen atoms in total. The van der Waals surface area contributed by atoms with E-state index in [4.69, 9.17) is 5.11 Å². The molecule has 0 heterocycles. The summed E-state index contributed by atoms with van der Waals surface area (Å²) in [6.45, 7) is 0.268. The molecule has 0 aliphatic rings. The van der Waals surface area contributed by atoms with E-state index in [1.165, 1.54) is 6.07 Å². The first-order valence-corrected chi connectivity index (χ1v) is 5.80. The van der Waals surface area contributed by atoms with Gasteiger partial charge in [-0.1, -0.05) is 12.5 Å². The van der Waals surface area contributed by atoms with Crippen LogP contribution in [0.1, 0.15) is 19.3 Å². The zero-order chi connectivity index (χ0) is 10.2. The maximum Gasteiger partial charge on any atom is 0.124 e. The predicted molar refractivity (Wildman–Crippen MR) is 58.1 cm³/mol. The number of thioether (sulfide) groups is 1. The normalized spacial score (nSPS) is 10.4. The first-order chi connectivity index (χ1) is 6.83. The monoisotopic (exact) mass is 214 g/mol. The van der Waals surface area contributed by atoms with Gasteiger partial charge in [-0.15, -0.1) is 11.8 Å². The molecule has 1 aromatic rings. The van der Waals surface area contributed by atoms with Gasteiger partial charge in [-0.3, -0.25) is 0 Å². The Hall–Kier alpha value is -0.540. The van der Waals surface area contributed by atoms with Crippen molar-refractivity contribution >= 4 is 11.8 Å². The molecule has 14 heavy (non-hydrogen) atoms. The van der Waals surface area contributed by atoms with E-state index >= 15 is 0 Å². The van der Waals surface area contributed by atoms with Crippen LogP contribution in [0.25, 0.3) is 0 Å². The Kier molecular flexibility index (Phi) is 5.64. The van der Waals surface area contributed by atoms with Gasteiger partial charge in [-0.05, 0) is 36.8 Å². The first-order valence-electron chi connectivity index (χ1n) is 4.82. The lowest BCUT2D eigenvalue weighted by Crippen LogP contribution is -1.85. The SMILES string of the molecule is OCCCCCSc1cccc(F)c1. The average Bonchev–Trinajstić information content (AvgIpc) is 2.18. The number of hydrogen-bond donors (Lipinski definition) is 1. The highest BCUT2D eigenvalue weighted by molar-refractivity contribution is 7.99. The highest BCUT2D eigenvalue weighted by atomic mass is 32.2. The van der Waals surface area contributed by atoms with E-state index in [9.17, 15) is 4.39 Å². The maximum atomic E-state index is 12.8. The smallest absolute Gasteiger partial charge is 0.124 e. The second kappa shape index (κ2) is 6.85. The molecule has 0 aliphatic carbocycles. The van der Waals surface area contributed by atoms with Gasteiger partial charge in [0.1, 0.15) is 5.82 Å². The van der Waals surface area contributed by atoms with Gasteiger partial charge in [-0.2, -0.15) is 0 Å². The minimum atomic E-state index is -0.176. The number of hydrogen-bond acceptors (Lipinski definition) is 2. The summed E-state index contributed by atoms with van der Waals surface area (Å²) in [6, 6.07) is 6.65. The molecule has 0 aliphatic heterocycles. The molecule has 0 saturated heterocycles. The molecule has 0 bridgehead atoms. The molecule has 0 spiro atoms. The average molecular weight is 214 g/mol. The van der Waals surface area contributed by atoms with Gasteiger partial charge in [0.25, 0.3) is 0 Å². The van der Waals surface area contributed by atoms with Crippen LogP contribution in [0, 0.1) is 5.82 Å². The summed E-state index contributed by atoms with van der Waals surface area (Å²) < 4.78 is 12.8. The van der Waals surface area contributed by atoms with Gasteiger partial charge in [-0.25, -0.2) is 4.39 Å². The largest absolute Gasteiger partial charge is 0.396 e. The Morgan fingerprint density at radius 2 is 2.07 bits per heavy atom. The molecule has 1 aromatic carbocycles. The maximum absolute atomic E-state index is 12.8. The molecule has 0 unspecified atom stereocenters. The number of unbranched alkanes of at least 4 members (excludes halogenated alkanes) is 2. The standard InChI is InChI=1S/C11H15FOS/c12-10-5-4-6-11(9-10)14-8-3-1-2-7-13/h4-6,9,13H,1-3,7-8H2. The number of halogens is 1. The van der Waals surface area contributed by atoms with Crippen molar-refractivity contribution in [2.75, 3.05) is 12.4 Å². The Balaban J connectivity index is 2.18. The highest BCUT2D eigenvalue weighted by Crippen LogP contribution is 2.19. The molecule has 0 aromatic heterocycles. The van der Waals surface area contributed by atoms with E-state index in [0.29, 0.717) is 0 Å². The van der Waals surface area contributed by atoms with Crippen LogP contribution in [0.3, 0.4) is 0 Å². The van der Waals surface area contributed by atoms with Crippen LogP contribution in [0.4, 0.5) is 4.39 Å². The molecule has 0 saturated carbocycles. The first kappa shape index (κ1) is 11.5. The van der Waals surface area contributed by atoms with Gasteiger partial charge >= 0.3 is 0 Å². The third-order valence-electron chi connectivity index (χ3n) is 1.87. The second-order valence-corrected chi connectivity index (χ2v) is 4.26. The van der Waals surface area contributed by atoms with Crippen LogP contribution >= 0.6 is 11.8 Å². The van der Waals surface area contributed by atoms with Crippen molar-refractivity contribution < 1.29 is 9.50 Å². The lowest BCUT2D eigenvalue weighted by Gasteiger charge is -2.00. The van der Waals surface area contributed by atoms with Crippen LogP contribution in [-0.2, 0) is 0 Å². The van der Waals surface area contributed by atoms with E-state index < -0.39 is 0 Å². The summed E-state index contributed by atoms with van der Waals surface area (Å²) in [5.41, 5.74) is 0. The quantitative estimate of drug-likeness (QED) is 0.580. The summed E-state index contributed by atoms with van der Waals surface area (Å²) in [6.07, 6.45) is 2.98. The molecular weight excluding hydrogens is 199 g/mol. The molecule has 0 amide bonds. The third kappa shape index (κ3) is 4.63. The van der Waals surface area contributed by atoms with Crippen LogP contribution < -0.4 is 0 Å². The summed E-state index contributed by atoms with van der Waals surface area (Å²) in [7, 11) is 0. The highest BCUT2D eigenvalue weighted by Gasteiger charge is 1.95. The fourth-order valence-corrected chi connectivity index (χ4v) is 2.09. The van der Waals surface area contributed by atoms with Crippen LogP contribution in [-0.4, -0.2) is 17.5 Å². The van der Waals surface area contributed by atoms with Crippen molar-refractivity contribution in [2.45, 2.75) is 24.2 Å². The van der Waals surface area contributed by atoms with Crippen LogP contribution in [0.5, 0.6) is 0 Å². The molecule has 0 atom stereocenters. The minimum absolute atomic E-state index is 0.176. The molecule has 78 valence electrons. The van der Waals surface area contributed by atoms with Gasteiger partial charge < -0.3 is 5.11 Å². The summed E-state index contributed by atoms with van der Waals surface area (Å²) >= 11 is 1.66. The van der Waals surface area contributed by atoms with Crippen molar-refractivity contribution in [3.63, 3.8) is 0 Å². The van der Waals surface area contributed by atoms with E-state index in [0.717, 1.165) is 29.9 Å².